The Morgan fingerprint density at radius 3 is 2.18 bits per heavy atom. The van der Waals surface area contributed by atoms with Gasteiger partial charge in [-0.25, -0.2) is 0 Å². The van der Waals surface area contributed by atoms with Gasteiger partial charge in [-0.05, 0) is 77.1 Å². The SMILES string of the molecule is CC(C)c1ccc2c(c1)C1(c3ccc4c(oc5ccccc54)c3-c3n(-c4ccccc4-c4ccccc4)c4ccccc4[n+]31)[n+]1cc([Si](C)(C)C)c(C(C)C)cc1-2. The zero-order valence-electron chi connectivity index (χ0n) is 33.8. The lowest BCUT2D eigenvalue weighted by Gasteiger charge is -2.25. The van der Waals surface area contributed by atoms with Crippen molar-refractivity contribution in [3.05, 3.63) is 168 Å². The van der Waals surface area contributed by atoms with Gasteiger partial charge >= 0.3 is 11.5 Å². The molecule has 5 heteroatoms. The summed E-state index contributed by atoms with van der Waals surface area (Å²) >= 11 is 0. The summed E-state index contributed by atoms with van der Waals surface area (Å²) in [5.41, 5.74) is 16.0. The second-order valence-corrected chi connectivity index (χ2v) is 22.8. The van der Waals surface area contributed by atoms with E-state index in [1.807, 2.05) is 0 Å². The third-order valence-corrected chi connectivity index (χ3v) is 14.8. The van der Waals surface area contributed by atoms with E-state index < -0.39 is 13.7 Å². The van der Waals surface area contributed by atoms with E-state index in [9.17, 15) is 0 Å². The van der Waals surface area contributed by atoms with E-state index in [4.69, 9.17) is 4.42 Å². The average Bonchev–Trinajstić information content (AvgIpc) is 3.93. The number of fused-ring (bicyclic) bond motifs is 16. The Morgan fingerprint density at radius 1 is 0.649 bits per heavy atom. The first-order valence-corrected chi connectivity index (χ1v) is 24.0. The Balaban J connectivity index is 1.40. The molecule has 1 unspecified atom stereocenters. The molecule has 9 aromatic rings. The third-order valence-electron chi connectivity index (χ3n) is 12.7. The molecule has 0 N–H and O–H groups in total. The third kappa shape index (κ3) is 4.55. The largest absolute Gasteiger partial charge is 0.455 e. The summed E-state index contributed by atoms with van der Waals surface area (Å²) in [7, 11) is -1.83. The first kappa shape index (κ1) is 34.2. The number of hydrogen-bond donors (Lipinski definition) is 0. The van der Waals surface area contributed by atoms with Gasteiger partial charge in [-0.3, -0.25) is 0 Å². The number of pyridine rings is 1. The number of para-hydroxylation sites is 4. The standard InChI is InChI=1S/C52H47N3OSi/c1-32(2)35-25-26-39-42(29-35)52(53-31-48(57(5,6)7)40(33(3)4)30-46(39)53)41-28-27-38-37-20-12-16-24-47(37)56-50(38)49(41)51-54(44-22-14-15-23-45(44)55(51)52)43-21-13-11-19-36(43)34-17-9-8-10-18-34/h8-33H,1-7H3/q+2. The zero-order valence-corrected chi connectivity index (χ0v) is 34.8. The van der Waals surface area contributed by atoms with E-state index in [0.717, 1.165) is 44.5 Å². The fourth-order valence-corrected chi connectivity index (χ4v) is 11.9. The van der Waals surface area contributed by atoms with Crippen LogP contribution in [0.5, 0.6) is 0 Å². The quantitative estimate of drug-likeness (QED) is 0.127. The second kappa shape index (κ2) is 12.0. The summed E-state index contributed by atoms with van der Waals surface area (Å²) in [5, 5.41) is 3.79. The fraction of sp³-hybridized carbons (Fsp3) is 0.192. The van der Waals surface area contributed by atoms with E-state index in [2.05, 4.69) is 207 Å². The summed E-state index contributed by atoms with van der Waals surface area (Å²) in [6.45, 7) is 16.8. The topological polar surface area (TPSA) is 25.8 Å². The molecule has 2 aliphatic rings. The summed E-state index contributed by atoms with van der Waals surface area (Å²) in [6, 6.07) is 51.8. The van der Waals surface area contributed by atoms with Crippen LogP contribution in [0.15, 0.2) is 150 Å². The minimum absolute atomic E-state index is 0.368. The lowest BCUT2D eigenvalue weighted by molar-refractivity contribution is -0.944. The molecule has 1 atom stereocenters. The van der Waals surface area contributed by atoms with Crippen molar-refractivity contribution in [1.82, 2.24) is 4.57 Å². The highest BCUT2D eigenvalue weighted by atomic mass is 28.3. The van der Waals surface area contributed by atoms with Crippen molar-refractivity contribution in [2.45, 2.75) is 64.8 Å². The maximum Gasteiger partial charge on any atom is 0.364 e. The van der Waals surface area contributed by atoms with Crippen LogP contribution < -0.4 is 14.3 Å². The molecule has 6 aromatic carbocycles. The lowest BCUT2D eigenvalue weighted by Crippen LogP contribution is -2.72. The molecular formula is C52H47N3OSi+2. The van der Waals surface area contributed by atoms with Crippen LogP contribution in [0, 0.1) is 0 Å². The summed E-state index contributed by atoms with van der Waals surface area (Å²) in [4.78, 5) is 0. The molecule has 2 aliphatic heterocycles. The van der Waals surface area contributed by atoms with Crippen LogP contribution in [0.4, 0.5) is 0 Å². The number of rotatable bonds is 5. The van der Waals surface area contributed by atoms with Crippen molar-refractivity contribution < 1.29 is 13.6 Å². The summed E-state index contributed by atoms with van der Waals surface area (Å²) < 4.78 is 15.0. The van der Waals surface area contributed by atoms with Crippen molar-refractivity contribution >= 4 is 46.2 Å². The molecule has 0 aliphatic carbocycles. The molecule has 1 spiro atoms. The van der Waals surface area contributed by atoms with E-state index in [-0.39, 0.29) is 0 Å². The second-order valence-electron chi connectivity index (χ2n) is 17.8. The van der Waals surface area contributed by atoms with Gasteiger partial charge in [0.2, 0.25) is 5.69 Å². The molecule has 11 rings (SSSR count). The highest BCUT2D eigenvalue weighted by Gasteiger charge is 2.67. The highest BCUT2D eigenvalue weighted by Crippen LogP contribution is 2.53. The summed E-state index contributed by atoms with van der Waals surface area (Å²) in [5.74, 6) is 1.90. The molecule has 278 valence electrons. The van der Waals surface area contributed by atoms with Crippen LogP contribution >= 0.6 is 0 Å². The predicted octanol–water partition coefficient (Wildman–Crippen LogP) is 11.8. The Bertz CT molecular complexity index is 3120. The van der Waals surface area contributed by atoms with Gasteiger partial charge in [0.15, 0.2) is 22.8 Å². The number of nitrogens with zero attached hydrogens (tertiary/aromatic N) is 3. The van der Waals surface area contributed by atoms with E-state index in [1.54, 1.807) is 0 Å². The molecule has 3 aromatic heterocycles. The number of furan rings is 1. The van der Waals surface area contributed by atoms with Gasteiger partial charge in [0.25, 0.3) is 0 Å². The van der Waals surface area contributed by atoms with Crippen molar-refractivity contribution in [2.24, 2.45) is 0 Å². The molecule has 0 radical (unpaired) electrons. The molecule has 57 heavy (non-hydrogen) atoms. The maximum atomic E-state index is 7.09. The van der Waals surface area contributed by atoms with Crippen molar-refractivity contribution in [3.8, 4) is 39.5 Å². The molecule has 0 bridgehead atoms. The minimum Gasteiger partial charge on any atom is -0.455 e. The first-order valence-electron chi connectivity index (χ1n) is 20.5. The van der Waals surface area contributed by atoms with E-state index in [1.165, 1.54) is 55.3 Å². The van der Waals surface area contributed by atoms with Gasteiger partial charge in [0.05, 0.1) is 24.8 Å². The summed E-state index contributed by atoms with van der Waals surface area (Å²) in [6.07, 6.45) is 2.57. The molecular weight excluding hydrogens is 711 g/mol. The number of benzene rings is 6. The van der Waals surface area contributed by atoms with Crippen molar-refractivity contribution in [3.63, 3.8) is 0 Å². The molecule has 5 heterocycles. The smallest absolute Gasteiger partial charge is 0.364 e. The zero-order chi connectivity index (χ0) is 39.0. The minimum atomic E-state index is -1.83. The van der Waals surface area contributed by atoms with E-state index in [0.29, 0.717) is 11.8 Å². The molecule has 0 saturated carbocycles. The number of aromatic nitrogens is 3. The fourth-order valence-electron chi connectivity index (χ4n) is 10.1. The Morgan fingerprint density at radius 2 is 1.39 bits per heavy atom. The van der Waals surface area contributed by atoms with Gasteiger partial charge in [0.1, 0.15) is 16.8 Å². The Labute approximate surface area is 335 Å². The average molecular weight is 758 g/mol. The van der Waals surface area contributed by atoms with Gasteiger partial charge < -0.3 is 4.42 Å². The van der Waals surface area contributed by atoms with Crippen LogP contribution in [0.3, 0.4) is 0 Å². The maximum absolute atomic E-state index is 7.09. The van der Waals surface area contributed by atoms with Crippen LogP contribution in [-0.4, -0.2) is 12.6 Å². The Hall–Kier alpha value is -6.04. The Kier molecular flexibility index (Phi) is 7.20. The molecule has 4 nitrogen and oxygen atoms in total. The highest BCUT2D eigenvalue weighted by molar-refractivity contribution is 6.89. The lowest BCUT2D eigenvalue weighted by atomic mass is 9.86. The number of hydrogen-bond acceptors (Lipinski definition) is 1. The molecule has 0 amide bonds. The molecule has 0 fully saturated rings. The first-order chi connectivity index (χ1) is 27.6. The van der Waals surface area contributed by atoms with Gasteiger partial charge in [-0.2, -0.15) is 4.57 Å². The van der Waals surface area contributed by atoms with E-state index >= 15 is 0 Å². The molecule has 0 saturated heterocycles. The number of imidazole rings is 1. The van der Waals surface area contributed by atoms with Crippen molar-refractivity contribution in [2.75, 3.05) is 0 Å². The predicted molar refractivity (Wildman–Crippen MR) is 236 cm³/mol. The van der Waals surface area contributed by atoms with Gasteiger partial charge in [-0.1, -0.05) is 132 Å². The van der Waals surface area contributed by atoms with Crippen molar-refractivity contribution in [1.29, 1.82) is 0 Å². The normalized spacial score (nSPS) is 15.7. The van der Waals surface area contributed by atoms with Crippen LogP contribution in [0.25, 0.3) is 72.4 Å². The van der Waals surface area contributed by atoms with Crippen LogP contribution in [0.2, 0.25) is 19.6 Å². The van der Waals surface area contributed by atoms with Gasteiger partial charge in [0, 0.05) is 27.6 Å². The van der Waals surface area contributed by atoms with Crippen LogP contribution in [-0.2, 0) is 5.66 Å². The van der Waals surface area contributed by atoms with Crippen LogP contribution in [0.1, 0.15) is 61.8 Å². The monoisotopic (exact) mass is 757 g/mol. The van der Waals surface area contributed by atoms with Gasteiger partial charge in [-0.15, -0.1) is 9.13 Å².